The first-order valence-electron chi connectivity index (χ1n) is 12.3. The molecular formula is C27H40N5O6+. The molecule has 0 aliphatic heterocycles. The van der Waals surface area contributed by atoms with Crippen LogP contribution in [0, 0.1) is 5.92 Å². The molecule has 38 heavy (non-hydrogen) atoms. The van der Waals surface area contributed by atoms with Gasteiger partial charge in [0.05, 0.1) is 19.7 Å². The molecular weight excluding hydrogens is 490 g/mol. The van der Waals surface area contributed by atoms with Crippen molar-refractivity contribution in [3.8, 4) is 5.75 Å². The summed E-state index contributed by atoms with van der Waals surface area (Å²) < 4.78 is 10.2. The van der Waals surface area contributed by atoms with Crippen LogP contribution in [0.1, 0.15) is 38.2 Å². The normalized spacial score (nSPS) is 12.7. The minimum absolute atomic E-state index is 0.0467. The van der Waals surface area contributed by atoms with E-state index in [1.165, 1.54) is 20.1 Å². The summed E-state index contributed by atoms with van der Waals surface area (Å²) in [4.78, 5) is 53.2. The lowest BCUT2D eigenvalue weighted by atomic mass is 9.90. The molecule has 1 rings (SSSR count). The summed E-state index contributed by atoms with van der Waals surface area (Å²) in [6, 6.07) is 5.37. The van der Waals surface area contributed by atoms with Crippen molar-refractivity contribution in [3.05, 3.63) is 55.1 Å². The Morgan fingerprint density at radius 2 is 1.74 bits per heavy atom. The minimum Gasteiger partial charge on any atom is -0.490 e. The molecule has 0 saturated carbocycles. The van der Waals surface area contributed by atoms with Crippen molar-refractivity contribution in [3.63, 3.8) is 0 Å². The average molecular weight is 531 g/mol. The molecule has 7 N–H and O–H groups in total. The Balaban J connectivity index is 3.06. The number of rotatable bonds is 18. The zero-order valence-electron chi connectivity index (χ0n) is 22.2. The van der Waals surface area contributed by atoms with Gasteiger partial charge >= 0.3 is 11.9 Å². The van der Waals surface area contributed by atoms with Crippen LogP contribution in [0.2, 0.25) is 0 Å². The number of esters is 1. The molecule has 0 heterocycles. The van der Waals surface area contributed by atoms with Crippen LogP contribution in [0.5, 0.6) is 5.75 Å². The number of guanidine groups is 1. The molecule has 11 nitrogen and oxygen atoms in total. The first kappa shape index (κ1) is 31.9. The molecule has 11 heteroatoms. The number of carbonyl (C=O) groups excluding carboxylic acids is 4. The highest BCUT2D eigenvalue weighted by atomic mass is 16.5. The lowest BCUT2D eigenvalue weighted by molar-refractivity contribution is -0.459. The predicted molar refractivity (Wildman–Crippen MR) is 144 cm³/mol. The van der Waals surface area contributed by atoms with E-state index in [9.17, 15) is 19.2 Å². The van der Waals surface area contributed by atoms with Gasteiger partial charge in [-0.05, 0) is 43.4 Å². The molecule has 0 saturated heterocycles. The fourth-order valence-corrected chi connectivity index (χ4v) is 3.71. The summed E-state index contributed by atoms with van der Waals surface area (Å²) in [5.41, 5.74) is 11.7. The van der Waals surface area contributed by atoms with Crippen molar-refractivity contribution in [1.29, 1.82) is 0 Å². The maximum atomic E-state index is 13.4. The highest BCUT2D eigenvalue weighted by Crippen LogP contribution is 2.18. The van der Waals surface area contributed by atoms with Crippen molar-refractivity contribution >= 4 is 29.5 Å². The summed E-state index contributed by atoms with van der Waals surface area (Å²) in [6.07, 6.45) is 4.16. The van der Waals surface area contributed by atoms with Crippen molar-refractivity contribution < 1.29 is 33.6 Å². The van der Waals surface area contributed by atoms with E-state index < -0.39 is 29.9 Å². The SMILES string of the molecule is C=CCOc1ccc(C[C@H](NC(C)=O)C(=O)C[C@H](CCC[NH+]=C(N)N)C(=O)N[C@@H](CC=C)C(=O)OC)cc1. The Morgan fingerprint density at radius 3 is 2.29 bits per heavy atom. The molecule has 0 fully saturated rings. The number of benzene rings is 1. The van der Waals surface area contributed by atoms with Crippen LogP contribution in [-0.4, -0.2) is 61.9 Å². The van der Waals surface area contributed by atoms with Crippen molar-refractivity contribution in [2.24, 2.45) is 17.4 Å². The fraction of sp³-hybridized carbons (Fsp3) is 0.444. The van der Waals surface area contributed by atoms with Crippen LogP contribution < -0.4 is 31.8 Å². The minimum atomic E-state index is -0.929. The number of nitrogens with two attached hydrogens (primary N) is 2. The summed E-state index contributed by atoms with van der Waals surface area (Å²) in [7, 11) is 1.22. The number of nitrogens with one attached hydrogen (secondary N) is 3. The van der Waals surface area contributed by atoms with Gasteiger partial charge in [0.1, 0.15) is 18.4 Å². The van der Waals surface area contributed by atoms with Gasteiger partial charge in [-0.3, -0.25) is 30.8 Å². The molecule has 2 amide bonds. The zero-order chi connectivity index (χ0) is 28.5. The van der Waals surface area contributed by atoms with Gasteiger partial charge in [0.2, 0.25) is 11.8 Å². The van der Waals surface area contributed by atoms with E-state index >= 15 is 0 Å². The van der Waals surface area contributed by atoms with Crippen LogP contribution in [0.25, 0.3) is 0 Å². The van der Waals surface area contributed by atoms with Gasteiger partial charge in [0.15, 0.2) is 5.78 Å². The predicted octanol–water partition coefficient (Wildman–Crippen LogP) is -0.758. The number of ether oxygens (including phenoxy) is 2. The van der Waals surface area contributed by atoms with Gasteiger partial charge in [0, 0.05) is 19.3 Å². The number of hydrogen-bond acceptors (Lipinski definition) is 6. The number of amides is 2. The lowest BCUT2D eigenvalue weighted by Gasteiger charge is -2.23. The monoisotopic (exact) mass is 530 g/mol. The first-order valence-corrected chi connectivity index (χ1v) is 12.3. The van der Waals surface area contributed by atoms with Gasteiger partial charge < -0.3 is 20.1 Å². The molecule has 0 unspecified atom stereocenters. The topological polar surface area (TPSA) is 177 Å². The number of methoxy groups -OCH3 is 1. The van der Waals surface area contributed by atoms with E-state index in [0.29, 0.717) is 31.7 Å². The van der Waals surface area contributed by atoms with Gasteiger partial charge in [-0.25, -0.2) is 4.79 Å². The molecule has 0 aliphatic carbocycles. The molecule has 1 aromatic rings. The highest BCUT2D eigenvalue weighted by molar-refractivity contribution is 5.93. The van der Waals surface area contributed by atoms with Gasteiger partial charge in [-0.15, -0.1) is 6.58 Å². The molecule has 1 aromatic carbocycles. The van der Waals surface area contributed by atoms with Gasteiger partial charge in [-0.2, -0.15) is 0 Å². The second-order valence-electron chi connectivity index (χ2n) is 8.70. The standard InChI is InChI=1S/C27H39N5O6/c1-5-8-22(26(36)37-4)32-25(35)20(9-7-14-30-27(28)29)17-24(34)23(31-18(3)33)16-19-10-12-21(13-11-19)38-15-6-2/h5-6,10-13,20,22-23H,1-2,7-9,14-17H2,3-4H3,(H,31,33)(H,32,35)(H4,28,29,30)/p+1/t20-,22-,23-/m0/s1. The smallest absolute Gasteiger partial charge is 0.338 e. The Morgan fingerprint density at radius 1 is 1.05 bits per heavy atom. The third-order valence-electron chi connectivity index (χ3n) is 5.58. The molecule has 0 radical (unpaired) electrons. The van der Waals surface area contributed by atoms with Crippen LogP contribution in [-0.2, 0) is 30.3 Å². The third-order valence-corrected chi connectivity index (χ3v) is 5.58. The van der Waals surface area contributed by atoms with Crippen LogP contribution in [0.3, 0.4) is 0 Å². The zero-order valence-corrected chi connectivity index (χ0v) is 22.2. The van der Waals surface area contributed by atoms with E-state index in [0.717, 1.165) is 5.56 Å². The largest absolute Gasteiger partial charge is 0.490 e. The average Bonchev–Trinajstić information content (AvgIpc) is 2.88. The van der Waals surface area contributed by atoms with Crippen LogP contribution in [0.4, 0.5) is 0 Å². The van der Waals surface area contributed by atoms with Crippen LogP contribution in [0.15, 0.2) is 49.6 Å². The Kier molecular flexibility index (Phi) is 14.5. The van der Waals surface area contributed by atoms with Crippen molar-refractivity contribution in [1.82, 2.24) is 10.6 Å². The van der Waals surface area contributed by atoms with E-state index in [2.05, 4.69) is 28.8 Å². The molecule has 0 bridgehead atoms. The first-order chi connectivity index (χ1) is 18.1. The van der Waals surface area contributed by atoms with E-state index in [-0.39, 0.29) is 36.9 Å². The summed E-state index contributed by atoms with van der Waals surface area (Å²) in [5, 5.41) is 5.35. The Labute approximate surface area is 223 Å². The van der Waals surface area contributed by atoms with Crippen molar-refractivity contribution in [2.45, 2.75) is 51.1 Å². The number of hydrogen-bond donors (Lipinski definition) is 5. The third kappa shape index (κ3) is 12.2. The van der Waals surface area contributed by atoms with Crippen LogP contribution >= 0.6 is 0 Å². The second kappa shape index (κ2) is 17.3. The van der Waals surface area contributed by atoms with Crippen molar-refractivity contribution in [2.75, 3.05) is 20.3 Å². The maximum absolute atomic E-state index is 13.4. The van der Waals surface area contributed by atoms with Gasteiger partial charge in [0.25, 0.3) is 0 Å². The molecule has 0 aliphatic rings. The Bertz CT molecular complexity index is 988. The van der Waals surface area contributed by atoms with E-state index in [1.807, 2.05) is 0 Å². The molecule has 208 valence electrons. The lowest BCUT2D eigenvalue weighted by Crippen LogP contribution is -2.78. The second-order valence-corrected chi connectivity index (χ2v) is 8.70. The number of Topliss-reactive ketones (excluding diaryl/α,β-unsaturated/α-hetero) is 1. The van der Waals surface area contributed by atoms with E-state index in [4.69, 9.17) is 20.9 Å². The quantitative estimate of drug-likeness (QED) is 0.0541. The van der Waals surface area contributed by atoms with Gasteiger partial charge in [-0.1, -0.05) is 30.9 Å². The fourth-order valence-electron chi connectivity index (χ4n) is 3.71. The summed E-state index contributed by atoms with van der Waals surface area (Å²) in [5.74, 6) is -1.86. The maximum Gasteiger partial charge on any atom is 0.338 e. The number of ketones is 1. The number of carbonyl (C=O) groups is 4. The summed E-state index contributed by atoms with van der Waals surface area (Å²) in [6.45, 7) is 9.30. The molecule has 0 spiro atoms. The Hall–Kier alpha value is -4.15. The highest BCUT2D eigenvalue weighted by Gasteiger charge is 2.30. The van der Waals surface area contributed by atoms with E-state index in [1.54, 1.807) is 30.3 Å². The molecule has 0 aromatic heterocycles. The summed E-state index contributed by atoms with van der Waals surface area (Å²) >= 11 is 0. The molecule has 3 atom stereocenters.